The Morgan fingerprint density at radius 1 is 0.783 bits per heavy atom. The maximum atomic E-state index is 6.57. The number of fused-ring (bicyclic) bond motifs is 3. The van der Waals surface area contributed by atoms with E-state index in [9.17, 15) is 0 Å². The van der Waals surface area contributed by atoms with Crippen LogP contribution in [0.2, 0.25) is 0 Å². The number of aromatic nitrogens is 4. The summed E-state index contributed by atoms with van der Waals surface area (Å²) in [5.74, 6) is 2.67. The number of methoxy groups -OCH3 is 1. The number of nitrogens with zero attached hydrogens (tertiary/aromatic N) is 4. The van der Waals surface area contributed by atoms with Crippen LogP contribution in [0.4, 0.5) is 0 Å². The van der Waals surface area contributed by atoms with Gasteiger partial charge in [0.05, 0.1) is 12.8 Å². The summed E-state index contributed by atoms with van der Waals surface area (Å²) in [6, 6.07) is 37.8. The predicted octanol–water partition coefficient (Wildman–Crippen LogP) is 9.34. The molecular formula is C39H34N4O2Pt. The number of ether oxygens (including phenoxy) is 2. The van der Waals surface area contributed by atoms with Crippen LogP contribution in [0.3, 0.4) is 0 Å². The van der Waals surface area contributed by atoms with Crippen molar-refractivity contribution in [3.63, 3.8) is 0 Å². The van der Waals surface area contributed by atoms with Crippen LogP contribution in [0, 0.1) is 26.0 Å². The van der Waals surface area contributed by atoms with E-state index in [2.05, 4.69) is 111 Å². The van der Waals surface area contributed by atoms with Crippen molar-refractivity contribution in [3.05, 3.63) is 126 Å². The van der Waals surface area contributed by atoms with Crippen LogP contribution in [0.15, 0.2) is 97.2 Å². The predicted molar refractivity (Wildman–Crippen MR) is 180 cm³/mol. The Hall–Kier alpha value is -4.67. The van der Waals surface area contributed by atoms with Gasteiger partial charge in [0.15, 0.2) is 0 Å². The summed E-state index contributed by atoms with van der Waals surface area (Å²) < 4.78 is 16.1. The molecule has 0 aliphatic heterocycles. The molecule has 0 saturated carbocycles. The fraction of sp³-hybridized carbons (Fsp3) is 0.179. The molecule has 0 aliphatic rings. The minimum atomic E-state index is -0.127. The first-order chi connectivity index (χ1) is 21.7. The zero-order chi connectivity index (χ0) is 31.3. The van der Waals surface area contributed by atoms with E-state index in [1.807, 2.05) is 41.1 Å². The minimum Gasteiger partial charge on any atom is -0.509 e. The summed E-state index contributed by atoms with van der Waals surface area (Å²) in [6.45, 7) is 10.8. The van der Waals surface area contributed by atoms with E-state index in [0.29, 0.717) is 11.5 Å². The third-order valence-corrected chi connectivity index (χ3v) is 8.24. The Kier molecular flexibility index (Phi) is 8.35. The quantitative estimate of drug-likeness (QED) is 0.158. The van der Waals surface area contributed by atoms with Gasteiger partial charge in [0.1, 0.15) is 11.6 Å². The van der Waals surface area contributed by atoms with E-state index in [1.165, 1.54) is 0 Å². The summed E-state index contributed by atoms with van der Waals surface area (Å²) in [4.78, 5) is 4.67. The van der Waals surface area contributed by atoms with Gasteiger partial charge in [0.25, 0.3) is 0 Å². The monoisotopic (exact) mass is 785 g/mol. The van der Waals surface area contributed by atoms with Crippen molar-refractivity contribution in [1.82, 2.24) is 19.3 Å². The number of benzene rings is 4. The Balaban J connectivity index is 0.00000372. The van der Waals surface area contributed by atoms with Crippen molar-refractivity contribution >= 4 is 21.8 Å². The molecule has 0 fully saturated rings. The van der Waals surface area contributed by atoms with Crippen LogP contribution in [0.1, 0.15) is 37.7 Å². The molecule has 0 atom stereocenters. The zero-order valence-electron chi connectivity index (χ0n) is 26.7. The average Bonchev–Trinajstić information content (AvgIpc) is 3.53. The number of hydrogen-bond acceptors (Lipinski definition) is 4. The first-order valence-corrected chi connectivity index (χ1v) is 15.0. The second-order valence-corrected chi connectivity index (χ2v) is 12.3. The van der Waals surface area contributed by atoms with Crippen molar-refractivity contribution in [2.24, 2.45) is 0 Å². The Morgan fingerprint density at radius 2 is 1.54 bits per heavy atom. The zero-order valence-corrected chi connectivity index (χ0v) is 28.9. The standard InChI is InChI=1S/C39H34N4O2.Pt/c1-25-38(27-12-8-7-9-13-27)26(2)43(41-25)29-20-28(39(3,4)5)21-32(22-29)45-31-16-17-34-33-14-10-11-15-35(33)42(36(34)23-31)37-24-30(44-6)18-19-40-37;/h7-21,24H,1-6H3;/q-2;+2. The van der Waals surface area contributed by atoms with Crippen LogP contribution < -0.4 is 9.47 Å². The normalized spacial score (nSPS) is 11.5. The molecule has 0 radical (unpaired) electrons. The molecule has 0 bridgehead atoms. The summed E-state index contributed by atoms with van der Waals surface area (Å²) >= 11 is 0. The molecule has 7 rings (SSSR count). The van der Waals surface area contributed by atoms with Crippen molar-refractivity contribution in [1.29, 1.82) is 0 Å². The molecule has 0 saturated heterocycles. The molecule has 0 spiro atoms. The van der Waals surface area contributed by atoms with Gasteiger partial charge >= 0.3 is 21.1 Å². The third kappa shape index (κ3) is 5.63. The van der Waals surface area contributed by atoms with Crippen molar-refractivity contribution in [2.45, 2.75) is 40.0 Å². The average molecular weight is 786 g/mol. The molecule has 0 amide bonds. The number of pyridine rings is 1. The molecule has 3 aromatic heterocycles. The van der Waals surface area contributed by atoms with Crippen LogP contribution in [0.25, 0.3) is 44.4 Å². The van der Waals surface area contributed by atoms with Crippen molar-refractivity contribution in [2.75, 3.05) is 7.11 Å². The fourth-order valence-corrected chi connectivity index (χ4v) is 5.97. The van der Waals surface area contributed by atoms with Gasteiger partial charge in [-0.25, -0.2) is 4.98 Å². The summed E-state index contributed by atoms with van der Waals surface area (Å²) in [7, 11) is 1.66. The van der Waals surface area contributed by atoms with Gasteiger partial charge in [-0.3, -0.25) is 4.68 Å². The molecule has 7 heteroatoms. The molecule has 7 aromatic rings. The fourth-order valence-electron chi connectivity index (χ4n) is 5.97. The van der Waals surface area contributed by atoms with Gasteiger partial charge in [-0.1, -0.05) is 74.8 Å². The van der Waals surface area contributed by atoms with E-state index in [-0.39, 0.29) is 26.5 Å². The van der Waals surface area contributed by atoms with E-state index in [0.717, 1.165) is 67.1 Å². The third-order valence-electron chi connectivity index (χ3n) is 8.24. The molecule has 6 nitrogen and oxygen atoms in total. The molecular weight excluding hydrogens is 752 g/mol. The van der Waals surface area contributed by atoms with Gasteiger partial charge < -0.3 is 14.0 Å². The van der Waals surface area contributed by atoms with E-state index in [4.69, 9.17) is 14.6 Å². The van der Waals surface area contributed by atoms with Crippen LogP contribution in [0.5, 0.6) is 17.2 Å². The topological polar surface area (TPSA) is 54.1 Å². The van der Waals surface area contributed by atoms with Gasteiger partial charge in [-0.2, -0.15) is 11.2 Å². The molecule has 3 heterocycles. The second kappa shape index (κ2) is 12.3. The minimum absolute atomic E-state index is 0. The molecule has 232 valence electrons. The Labute approximate surface area is 283 Å². The summed E-state index contributed by atoms with van der Waals surface area (Å²) in [6.07, 6.45) is 1.76. The van der Waals surface area contributed by atoms with E-state index < -0.39 is 0 Å². The van der Waals surface area contributed by atoms with Crippen molar-refractivity contribution in [3.8, 4) is 39.9 Å². The Bertz CT molecular complexity index is 2190. The summed E-state index contributed by atoms with van der Waals surface area (Å²) in [5, 5.41) is 7.13. The number of aryl methyl sites for hydroxylation is 1. The molecule has 4 aromatic carbocycles. The van der Waals surface area contributed by atoms with Crippen LogP contribution in [-0.2, 0) is 26.5 Å². The largest absolute Gasteiger partial charge is 2.00 e. The van der Waals surface area contributed by atoms with Gasteiger partial charge in [-0.05, 0) is 48.0 Å². The second-order valence-electron chi connectivity index (χ2n) is 12.3. The first kappa shape index (κ1) is 31.3. The Morgan fingerprint density at radius 3 is 2.30 bits per heavy atom. The number of rotatable bonds is 6. The maximum Gasteiger partial charge on any atom is 2.00 e. The smallest absolute Gasteiger partial charge is 0.509 e. The summed E-state index contributed by atoms with van der Waals surface area (Å²) in [5.41, 5.74) is 8.02. The van der Waals surface area contributed by atoms with E-state index in [1.54, 1.807) is 13.3 Å². The molecule has 0 aliphatic carbocycles. The number of hydrogen-bond donors (Lipinski definition) is 0. The van der Waals surface area contributed by atoms with E-state index >= 15 is 0 Å². The molecule has 46 heavy (non-hydrogen) atoms. The van der Waals surface area contributed by atoms with Gasteiger partial charge in [0, 0.05) is 40.5 Å². The SMILES string of the molecule is COc1ccnc(-n2c3[c-]c(Oc4[c-]c(-n5nc(C)c(-c6ccccc6)c5C)cc(C(C)(C)C)c4)ccc3c3ccccc32)c1.[Pt+2]. The maximum absolute atomic E-state index is 6.57. The van der Waals surface area contributed by atoms with Crippen molar-refractivity contribution < 1.29 is 30.5 Å². The van der Waals surface area contributed by atoms with Crippen LogP contribution >= 0.6 is 0 Å². The van der Waals surface area contributed by atoms with Gasteiger partial charge in [0.2, 0.25) is 0 Å². The number of para-hydroxylation sites is 1. The first-order valence-electron chi connectivity index (χ1n) is 15.0. The molecule has 0 N–H and O–H groups in total. The van der Waals surface area contributed by atoms with Gasteiger partial charge in [-0.15, -0.1) is 41.3 Å². The van der Waals surface area contributed by atoms with Crippen LogP contribution in [-0.4, -0.2) is 26.4 Å². The molecule has 0 unspecified atom stereocenters.